The van der Waals surface area contributed by atoms with Crippen molar-refractivity contribution in [1.29, 1.82) is 0 Å². The van der Waals surface area contributed by atoms with Gasteiger partial charge in [-0.1, -0.05) is 6.92 Å². The summed E-state index contributed by atoms with van der Waals surface area (Å²) in [6, 6.07) is 0. The number of rotatable bonds is 6. The van der Waals surface area contributed by atoms with Gasteiger partial charge >= 0.3 is 0 Å². The number of likely N-dealkylation sites (tertiary alicyclic amines) is 1. The molecule has 0 radical (unpaired) electrons. The summed E-state index contributed by atoms with van der Waals surface area (Å²) in [7, 11) is 2.07. The molecule has 1 fully saturated rings. The minimum absolute atomic E-state index is 0.406. The van der Waals surface area contributed by atoms with Gasteiger partial charge in [-0.25, -0.2) is 15.0 Å². The Morgan fingerprint density at radius 1 is 1.15 bits per heavy atom. The van der Waals surface area contributed by atoms with Crippen LogP contribution in [0.15, 0.2) is 31.1 Å². The van der Waals surface area contributed by atoms with Crippen molar-refractivity contribution in [2.75, 3.05) is 13.1 Å². The van der Waals surface area contributed by atoms with E-state index in [1.165, 1.54) is 12.0 Å². The molecule has 4 heterocycles. The second-order valence-corrected chi connectivity index (χ2v) is 7.20. The van der Waals surface area contributed by atoms with Crippen LogP contribution in [0.4, 0.5) is 0 Å². The van der Waals surface area contributed by atoms with E-state index in [-0.39, 0.29) is 0 Å². The van der Waals surface area contributed by atoms with Crippen LogP contribution in [0, 0.1) is 0 Å². The molecule has 27 heavy (non-hydrogen) atoms. The molecule has 0 aliphatic carbocycles. The lowest BCUT2D eigenvalue weighted by atomic mass is 9.97. The van der Waals surface area contributed by atoms with Crippen LogP contribution in [0.1, 0.15) is 48.7 Å². The van der Waals surface area contributed by atoms with Gasteiger partial charge in [-0.2, -0.15) is 0 Å². The Morgan fingerprint density at radius 3 is 2.74 bits per heavy atom. The van der Waals surface area contributed by atoms with Gasteiger partial charge in [0.05, 0.1) is 12.9 Å². The van der Waals surface area contributed by atoms with E-state index in [4.69, 9.17) is 0 Å². The van der Waals surface area contributed by atoms with Crippen molar-refractivity contribution in [2.24, 2.45) is 7.05 Å². The minimum atomic E-state index is 0.406. The fourth-order valence-electron chi connectivity index (χ4n) is 3.73. The Labute approximate surface area is 159 Å². The van der Waals surface area contributed by atoms with Crippen LogP contribution in [0.25, 0.3) is 0 Å². The predicted octanol–water partition coefficient (Wildman–Crippen LogP) is 1.79. The minimum Gasteiger partial charge on any atom is -0.330 e. The van der Waals surface area contributed by atoms with Crippen molar-refractivity contribution in [2.45, 2.75) is 45.2 Å². The highest BCUT2D eigenvalue weighted by atomic mass is 15.3. The Kier molecular flexibility index (Phi) is 5.24. The summed E-state index contributed by atoms with van der Waals surface area (Å²) in [6.07, 6.45) is 12.7. The number of imidazole rings is 1. The highest BCUT2D eigenvalue weighted by Gasteiger charge is 2.26. The van der Waals surface area contributed by atoms with E-state index in [2.05, 4.69) is 48.6 Å². The van der Waals surface area contributed by atoms with Gasteiger partial charge in [0.15, 0.2) is 5.82 Å². The number of hydrogen-bond donors (Lipinski definition) is 0. The third kappa shape index (κ3) is 4.05. The molecule has 0 bridgehead atoms. The Balaban J connectivity index is 1.42. The lowest BCUT2D eigenvalue weighted by molar-refractivity contribution is 0.194. The smallest absolute Gasteiger partial charge is 0.152 e. The molecule has 0 saturated carbocycles. The summed E-state index contributed by atoms with van der Waals surface area (Å²) in [4.78, 5) is 15.4. The van der Waals surface area contributed by atoms with Crippen LogP contribution in [-0.2, 0) is 26.6 Å². The van der Waals surface area contributed by atoms with E-state index >= 15 is 0 Å². The maximum atomic E-state index is 4.51. The zero-order chi connectivity index (χ0) is 18.6. The molecule has 8 nitrogen and oxygen atoms in total. The van der Waals surface area contributed by atoms with E-state index in [1.54, 1.807) is 6.20 Å². The number of aryl methyl sites for hydroxylation is 1. The van der Waals surface area contributed by atoms with Gasteiger partial charge in [-0.3, -0.25) is 4.90 Å². The van der Waals surface area contributed by atoms with Crippen LogP contribution >= 0.6 is 0 Å². The van der Waals surface area contributed by atoms with Crippen LogP contribution < -0.4 is 0 Å². The Bertz CT molecular complexity index is 852. The van der Waals surface area contributed by atoms with Gasteiger partial charge in [0.1, 0.15) is 11.6 Å². The molecule has 0 amide bonds. The molecule has 142 valence electrons. The summed E-state index contributed by atoms with van der Waals surface area (Å²) in [6.45, 7) is 5.76. The van der Waals surface area contributed by atoms with Gasteiger partial charge in [0.2, 0.25) is 0 Å². The molecule has 0 N–H and O–H groups in total. The van der Waals surface area contributed by atoms with Crippen LogP contribution in [0.5, 0.6) is 0 Å². The molecule has 8 heteroatoms. The summed E-state index contributed by atoms with van der Waals surface area (Å²) in [5.74, 6) is 3.35. The molecule has 1 saturated heterocycles. The van der Waals surface area contributed by atoms with E-state index < -0.39 is 0 Å². The molecule has 1 atom stereocenters. The molecule has 4 rings (SSSR count). The third-order valence-electron chi connectivity index (χ3n) is 5.23. The SMILES string of the molecule is CCc1ncc(CN2CCC[C@@H](c3nnc(Cn4ccnc4)n3C)C2)cn1. The summed E-state index contributed by atoms with van der Waals surface area (Å²) in [5, 5.41) is 8.93. The molecule has 0 spiro atoms. The van der Waals surface area contributed by atoms with Gasteiger partial charge < -0.3 is 9.13 Å². The average molecular weight is 366 g/mol. The maximum Gasteiger partial charge on any atom is 0.152 e. The van der Waals surface area contributed by atoms with E-state index in [0.717, 1.165) is 49.9 Å². The number of aromatic nitrogens is 7. The molecule has 0 unspecified atom stereocenters. The summed E-state index contributed by atoms with van der Waals surface area (Å²) >= 11 is 0. The van der Waals surface area contributed by atoms with E-state index in [0.29, 0.717) is 12.5 Å². The van der Waals surface area contributed by atoms with Crippen LogP contribution in [0.3, 0.4) is 0 Å². The fraction of sp³-hybridized carbons (Fsp3) is 0.526. The predicted molar refractivity (Wildman–Crippen MR) is 101 cm³/mol. The number of hydrogen-bond acceptors (Lipinski definition) is 6. The highest BCUT2D eigenvalue weighted by molar-refractivity contribution is 5.08. The van der Waals surface area contributed by atoms with E-state index in [1.807, 2.05) is 29.5 Å². The third-order valence-corrected chi connectivity index (χ3v) is 5.23. The molecular formula is C19H26N8. The standard InChI is InChI=1S/C19H26N8/c1-3-17-21-9-15(10-22-17)11-26-7-4-5-16(12-26)19-24-23-18(25(19)2)13-27-8-6-20-14-27/h6,8-10,14,16H,3-5,7,11-13H2,1-2H3/t16-/m1/s1. The number of piperidine rings is 1. The molecular weight excluding hydrogens is 340 g/mol. The van der Waals surface area contributed by atoms with Gasteiger partial charge in [0.25, 0.3) is 0 Å². The quantitative estimate of drug-likeness (QED) is 0.662. The Hall–Kier alpha value is -2.61. The molecule has 1 aliphatic heterocycles. The zero-order valence-electron chi connectivity index (χ0n) is 16.0. The first-order valence-electron chi connectivity index (χ1n) is 9.59. The zero-order valence-corrected chi connectivity index (χ0v) is 16.0. The van der Waals surface area contributed by atoms with Crippen LogP contribution in [-0.4, -0.2) is 52.3 Å². The monoisotopic (exact) mass is 366 g/mol. The van der Waals surface area contributed by atoms with Crippen molar-refractivity contribution in [1.82, 2.24) is 39.2 Å². The molecule has 3 aromatic heterocycles. The first-order chi connectivity index (χ1) is 13.2. The molecule has 1 aliphatic rings. The lowest BCUT2D eigenvalue weighted by Crippen LogP contribution is -2.35. The first-order valence-corrected chi connectivity index (χ1v) is 9.59. The largest absolute Gasteiger partial charge is 0.330 e. The average Bonchev–Trinajstić information content (AvgIpc) is 3.33. The van der Waals surface area contributed by atoms with Crippen LogP contribution in [0.2, 0.25) is 0 Å². The second kappa shape index (κ2) is 7.96. The first kappa shape index (κ1) is 17.8. The molecule has 0 aromatic carbocycles. The summed E-state index contributed by atoms with van der Waals surface area (Å²) < 4.78 is 4.16. The summed E-state index contributed by atoms with van der Waals surface area (Å²) in [5.41, 5.74) is 1.17. The van der Waals surface area contributed by atoms with E-state index in [9.17, 15) is 0 Å². The van der Waals surface area contributed by atoms with Crippen molar-refractivity contribution in [3.63, 3.8) is 0 Å². The normalized spacial score (nSPS) is 18.1. The van der Waals surface area contributed by atoms with Gasteiger partial charge in [-0.05, 0) is 19.4 Å². The van der Waals surface area contributed by atoms with Crippen molar-refractivity contribution in [3.8, 4) is 0 Å². The lowest BCUT2D eigenvalue weighted by Gasteiger charge is -2.32. The fourth-order valence-corrected chi connectivity index (χ4v) is 3.73. The highest BCUT2D eigenvalue weighted by Crippen LogP contribution is 2.26. The van der Waals surface area contributed by atoms with Crippen molar-refractivity contribution >= 4 is 0 Å². The topological polar surface area (TPSA) is 77.5 Å². The second-order valence-electron chi connectivity index (χ2n) is 7.20. The van der Waals surface area contributed by atoms with Crippen molar-refractivity contribution < 1.29 is 0 Å². The molecule has 3 aromatic rings. The Morgan fingerprint density at radius 2 is 2.00 bits per heavy atom. The van der Waals surface area contributed by atoms with Gasteiger partial charge in [-0.15, -0.1) is 10.2 Å². The van der Waals surface area contributed by atoms with Gasteiger partial charge in [0, 0.05) is 62.8 Å². The maximum absolute atomic E-state index is 4.51. The number of nitrogens with zero attached hydrogens (tertiary/aromatic N) is 8. The van der Waals surface area contributed by atoms with Crippen molar-refractivity contribution in [3.05, 3.63) is 54.2 Å².